The summed E-state index contributed by atoms with van der Waals surface area (Å²) in [6, 6.07) is 5.06. The lowest BCUT2D eigenvalue weighted by atomic mass is 10.4. The SMILES string of the molecule is CC(=O)N(C(=N)N)c1ccccn1. The van der Waals surface area contributed by atoms with Gasteiger partial charge in [-0.15, -0.1) is 0 Å². The van der Waals surface area contributed by atoms with Crippen molar-refractivity contribution in [2.45, 2.75) is 6.92 Å². The van der Waals surface area contributed by atoms with Crippen LogP contribution in [0.1, 0.15) is 6.92 Å². The Labute approximate surface area is 75.7 Å². The summed E-state index contributed by atoms with van der Waals surface area (Å²) in [5, 5.41) is 7.16. The van der Waals surface area contributed by atoms with Gasteiger partial charge < -0.3 is 5.73 Å². The Morgan fingerprint density at radius 3 is 2.69 bits per heavy atom. The van der Waals surface area contributed by atoms with Crippen LogP contribution in [0.5, 0.6) is 0 Å². The predicted octanol–water partition coefficient (Wildman–Crippen LogP) is 0.328. The van der Waals surface area contributed by atoms with Gasteiger partial charge in [0.15, 0.2) is 0 Å². The number of aromatic nitrogens is 1. The standard InChI is InChI=1S/C8H10N4O/c1-6(13)12(8(9)10)7-4-2-3-5-11-7/h2-5H,1H3,(H3,9,10). The Kier molecular flexibility index (Phi) is 2.59. The molecular formula is C8H10N4O. The Balaban J connectivity index is 3.03. The third-order valence-corrected chi connectivity index (χ3v) is 1.43. The highest BCUT2D eigenvalue weighted by Crippen LogP contribution is 2.07. The first-order chi connectivity index (χ1) is 6.13. The number of pyridine rings is 1. The first-order valence-corrected chi connectivity index (χ1v) is 3.68. The molecule has 0 fully saturated rings. The average molecular weight is 178 g/mol. The Morgan fingerprint density at radius 1 is 1.62 bits per heavy atom. The number of amides is 1. The van der Waals surface area contributed by atoms with Gasteiger partial charge in [-0.2, -0.15) is 0 Å². The van der Waals surface area contributed by atoms with Gasteiger partial charge in [0, 0.05) is 13.1 Å². The predicted molar refractivity (Wildman–Crippen MR) is 49.3 cm³/mol. The summed E-state index contributed by atoms with van der Waals surface area (Å²) >= 11 is 0. The van der Waals surface area contributed by atoms with Crippen molar-refractivity contribution in [1.82, 2.24) is 4.98 Å². The summed E-state index contributed by atoms with van der Waals surface area (Å²) in [7, 11) is 0. The number of nitrogens with two attached hydrogens (primary N) is 1. The molecule has 0 atom stereocenters. The topological polar surface area (TPSA) is 83.1 Å². The van der Waals surface area contributed by atoms with E-state index in [1.807, 2.05) is 0 Å². The van der Waals surface area contributed by atoms with Crippen LogP contribution < -0.4 is 10.6 Å². The van der Waals surface area contributed by atoms with Crippen LogP contribution >= 0.6 is 0 Å². The molecule has 5 nitrogen and oxygen atoms in total. The number of carbonyl (C=O) groups is 1. The van der Waals surface area contributed by atoms with Crippen molar-refractivity contribution >= 4 is 17.7 Å². The molecule has 13 heavy (non-hydrogen) atoms. The lowest BCUT2D eigenvalue weighted by Gasteiger charge is -2.16. The maximum Gasteiger partial charge on any atom is 0.231 e. The summed E-state index contributed by atoms with van der Waals surface area (Å²) in [5.41, 5.74) is 5.22. The van der Waals surface area contributed by atoms with E-state index in [0.717, 1.165) is 4.90 Å². The Bertz CT molecular complexity index is 308. The molecule has 0 aliphatic rings. The van der Waals surface area contributed by atoms with E-state index >= 15 is 0 Å². The number of rotatable bonds is 1. The van der Waals surface area contributed by atoms with Crippen molar-refractivity contribution in [1.29, 1.82) is 5.41 Å². The fourth-order valence-electron chi connectivity index (χ4n) is 0.940. The lowest BCUT2D eigenvalue weighted by Crippen LogP contribution is -2.40. The van der Waals surface area contributed by atoms with Crippen LogP contribution in [0, 0.1) is 5.41 Å². The van der Waals surface area contributed by atoms with E-state index < -0.39 is 0 Å². The summed E-state index contributed by atoms with van der Waals surface area (Å²) in [5.74, 6) is -0.292. The maximum absolute atomic E-state index is 11.1. The molecule has 0 aromatic carbocycles. The summed E-state index contributed by atoms with van der Waals surface area (Å²) in [4.78, 5) is 16.0. The third-order valence-electron chi connectivity index (χ3n) is 1.43. The summed E-state index contributed by atoms with van der Waals surface area (Å²) in [6.07, 6.45) is 1.54. The van der Waals surface area contributed by atoms with Crippen LogP contribution in [0.25, 0.3) is 0 Å². The number of nitrogens with one attached hydrogen (secondary N) is 1. The van der Waals surface area contributed by atoms with Gasteiger partial charge in [0.2, 0.25) is 11.9 Å². The number of hydrogen-bond acceptors (Lipinski definition) is 3. The van der Waals surface area contributed by atoms with Crippen molar-refractivity contribution in [2.75, 3.05) is 4.90 Å². The van der Waals surface area contributed by atoms with Crippen LogP contribution in [-0.4, -0.2) is 16.9 Å². The van der Waals surface area contributed by atoms with Crippen LogP contribution in [0.3, 0.4) is 0 Å². The molecule has 0 saturated carbocycles. The molecule has 68 valence electrons. The fraction of sp³-hybridized carbons (Fsp3) is 0.125. The molecule has 1 heterocycles. The molecule has 0 unspecified atom stereocenters. The molecule has 0 spiro atoms. The molecule has 3 N–H and O–H groups in total. The van der Waals surface area contributed by atoms with Crippen molar-refractivity contribution in [3.05, 3.63) is 24.4 Å². The van der Waals surface area contributed by atoms with Gasteiger partial charge in [0.05, 0.1) is 0 Å². The number of anilines is 1. The van der Waals surface area contributed by atoms with Crippen LogP contribution in [-0.2, 0) is 4.79 Å². The second-order valence-corrected chi connectivity index (χ2v) is 2.43. The van der Waals surface area contributed by atoms with Gasteiger partial charge >= 0.3 is 0 Å². The van der Waals surface area contributed by atoms with Gasteiger partial charge in [-0.05, 0) is 12.1 Å². The highest BCUT2D eigenvalue weighted by Gasteiger charge is 2.14. The molecule has 0 aliphatic carbocycles. The van der Waals surface area contributed by atoms with Crippen LogP contribution in [0.2, 0.25) is 0 Å². The molecule has 1 amide bonds. The molecule has 0 radical (unpaired) electrons. The van der Waals surface area contributed by atoms with E-state index in [0.29, 0.717) is 5.82 Å². The highest BCUT2D eigenvalue weighted by molar-refractivity contribution is 6.12. The van der Waals surface area contributed by atoms with Crippen molar-refractivity contribution < 1.29 is 4.79 Å². The Hall–Kier alpha value is -1.91. The zero-order chi connectivity index (χ0) is 9.84. The summed E-state index contributed by atoms with van der Waals surface area (Å²) in [6.45, 7) is 1.33. The normalized spacial score (nSPS) is 9.31. The first kappa shape index (κ1) is 9.18. The van der Waals surface area contributed by atoms with E-state index in [-0.39, 0.29) is 11.9 Å². The second kappa shape index (κ2) is 3.66. The van der Waals surface area contributed by atoms with Crippen LogP contribution in [0.4, 0.5) is 5.82 Å². The molecule has 0 aliphatic heterocycles. The Morgan fingerprint density at radius 2 is 2.31 bits per heavy atom. The quantitative estimate of drug-likeness (QED) is 0.480. The van der Waals surface area contributed by atoms with E-state index in [9.17, 15) is 4.79 Å². The molecule has 1 rings (SSSR count). The van der Waals surface area contributed by atoms with Gasteiger partial charge in [-0.3, -0.25) is 10.2 Å². The maximum atomic E-state index is 11.1. The van der Waals surface area contributed by atoms with Crippen molar-refractivity contribution in [2.24, 2.45) is 5.73 Å². The number of nitrogens with zero attached hydrogens (tertiary/aromatic N) is 2. The average Bonchev–Trinajstić information content (AvgIpc) is 2.04. The molecule has 5 heteroatoms. The van der Waals surface area contributed by atoms with Gasteiger partial charge in [0.25, 0.3) is 0 Å². The second-order valence-electron chi connectivity index (χ2n) is 2.43. The minimum atomic E-state index is -0.328. The molecule has 1 aromatic heterocycles. The third kappa shape index (κ3) is 2.02. The lowest BCUT2D eigenvalue weighted by molar-refractivity contribution is -0.115. The van der Waals surface area contributed by atoms with Gasteiger partial charge in [-0.25, -0.2) is 9.88 Å². The first-order valence-electron chi connectivity index (χ1n) is 3.68. The monoisotopic (exact) mass is 178 g/mol. The van der Waals surface area contributed by atoms with Crippen molar-refractivity contribution in [3.8, 4) is 0 Å². The molecule has 1 aromatic rings. The zero-order valence-electron chi connectivity index (χ0n) is 7.19. The smallest absolute Gasteiger partial charge is 0.231 e. The number of carbonyl (C=O) groups excluding carboxylic acids is 1. The van der Waals surface area contributed by atoms with Crippen molar-refractivity contribution in [3.63, 3.8) is 0 Å². The summed E-state index contributed by atoms with van der Waals surface area (Å²) < 4.78 is 0. The largest absolute Gasteiger partial charge is 0.369 e. The number of hydrogen-bond donors (Lipinski definition) is 2. The minimum Gasteiger partial charge on any atom is -0.369 e. The van der Waals surface area contributed by atoms with Gasteiger partial charge in [0.1, 0.15) is 5.82 Å². The molecule has 0 bridgehead atoms. The minimum absolute atomic E-state index is 0.328. The zero-order valence-corrected chi connectivity index (χ0v) is 7.19. The van der Waals surface area contributed by atoms with Crippen LogP contribution in [0.15, 0.2) is 24.4 Å². The highest BCUT2D eigenvalue weighted by atomic mass is 16.2. The molecular weight excluding hydrogens is 168 g/mol. The van der Waals surface area contributed by atoms with E-state index in [2.05, 4.69) is 4.98 Å². The number of guanidine groups is 1. The fourth-order valence-corrected chi connectivity index (χ4v) is 0.940. The molecule has 0 saturated heterocycles. The van der Waals surface area contributed by atoms with E-state index in [1.54, 1.807) is 18.2 Å². The van der Waals surface area contributed by atoms with E-state index in [1.165, 1.54) is 13.1 Å². The van der Waals surface area contributed by atoms with Gasteiger partial charge in [-0.1, -0.05) is 6.07 Å². The van der Waals surface area contributed by atoms with E-state index in [4.69, 9.17) is 11.1 Å².